The van der Waals surface area contributed by atoms with Gasteiger partial charge in [0.1, 0.15) is 6.61 Å². The van der Waals surface area contributed by atoms with Crippen molar-refractivity contribution in [3.05, 3.63) is 47.6 Å². The number of benzene rings is 1. The molecule has 0 aliphatic carbocycles. The van der Waals surface area contributed by atoms with Gasteiger partial charge in [-0.25, -0.2) is 4.39 Å². The second-order valence-electron chi connectivity index (χ2n) is 4.85. The summed E-state index contributed by atoms with van der Waals surface area (Å²) in [7, 11) is 0. The molecule has 0 aliphatic rings. The summed E-state index contributed by atoms with van der Waals surface area (Å²) in [6, 6.07) is 7.24. The number of carboxylic acids is 1. The van der Waals surface area contributed by atoms with Gasteiger partial charge in [-0.1, -0.05) is 24.2 Å². The van der Waals surface area contributed by atoms with E-state index in [1.807, 2.05) is 0 Å². The van der Waals surface area contributed by atoms with Crippen molar-refractivity contribution in [2.24, 2.45) is 5.92 Å². The van der Waals surface area contributed by atoms with E-state index >= 15 is 0 Å². The van der Waals surface area contributed by atoms with Gasteiger partial charge in [0.2, 0.25) is 0 Å². The Morgan fingerprint density at radius 2 is 2.17 bits per heavy atom. The third-order valence-corrected chi connectivity index (χ3v) is 2.99. The monoisotopic (exact) mass is 322 g/mol. The molecule has 1 amide bonds. The molecule has 1 aromatic carbocycles. The SMILES string of the molecule is CC(CNC(=O)c1cc(COc2ccccc2F)on1)C(=O)O. The number of carbonyl (C=O) groups excluding carboxylic acids is 1. The van der Waals surface area contributed by atoms with Gasteiger partial charge >= 0.3 is 5.97 Å². The van der Waals surface area contributed by atoms with E-state index in [2.05, 4.69) is 10.5 Å². The maximum absolute atomic E-state index is 13.4. The number of aromatic nitrogens is 1. The molecule has 0 aliphatic heterocycles. The van der Waals surface area contributed by atoms with Crippen LogP contribution in [0.5, 0.6) is 5.75 Å². The average molecular weight is 322 g/mol. The number of para-hydroxylation sites is 1. The Balaban J connectivity index is 1.89. The van der Waals surface area contributed by atoms with Crippen molar-refractivity contribution in [2.45, 2.75) is 13.5 Å². The third kappa shape index (κ3) is 4.53. The van der Waals surface area contributed by atoms with Crippen molar-refractivity contribution in [3.63, 3.8) is 0 Å². The van der Waals surface area contributed by atoms with E-state index in [1.165, 1.54) is 31.2 Å². The number of hydrogen-bond acceptors (Lipinski definition) is 5. The average Bonchev–Trinajstić information content (AvgIpc) is 3.00. The normalized spacial score (nSPS) is 11.7. The molecular weight excluding hydrogens is 307 g/mol. The molecule has 2 rings (SSSR count). The number of nitrogens with zero attached hydrogens (tertiary/aromatic N) is 1. The lowest BCUT2D eigenvalue weighted by Gasteiger charge is -2.06. The maximum Gasteiger partial charge on any atom is 0.308 e. The maximum atomic E-state index is 13.4. The molecular formula is C15H15FN2O5. The van der Waals surface area contributed by atoms with Gasteiger partial charge in [-0.15, -0.1) is 0 Å². The Bertz CT molecular complexity index is 701. The highest BCUT2D eigenvalue weighted by atomic mass is 19.1. The number of carbonyl (C=O) groups is 2. The number of carboxylic acid groups (broad SMARTS) is 1. The van der Waals surface area contributed by atoms with Crippen LogP contribution in [0, 0.1) is 11.7 Å². The Kier molecular flexibility index (Phi) is 5.29. The fraction of sp³-hybridized carbons (Fsp3) is 0.267. The lowest BCUT2D eigenvalue weighted by atomic mass is 10.2. The van der Waals surface area contributed by atoms with Gasteiger partial charge in [0, 0.05) is 12.6 Å². The minimum atomic E-state index is -1.01. The highest BCUT2D eigenvalue weighted by molar-refractivity contribution is 5.92. The van der Waals surface area contributed by atoms with Crippen LogP contribution in [0.3, 0.4) is 0 Å². The number of aliphatic carboxylic acids is 1. The summed E-state index contributed by atoms with van der Waals surface area (Å²) in [4.78, 5) is 22.5. The molecule has 8 heteroatoms. The molecule has 1 unspecified atom stereocenters. The Morgan fingerprint density at radius 1 is 1.43 bits per heavy atom. The molecule has 1 atom stereocenters. The fourth-order valence-corrected chi connectivity index (χ4v) is 1.62. The van der Waals surface area contributed by atoms with Gasteiger partial charge in [-0.3, -0.25) is 9.59 Å². The number of amides is 1. The molecule has 0 radical (unpaired) electrons. The summed E-state index contributed by atoms with van der Waals surface area (Å²) in [5.74, 6) is -2.49. The van der Waals surface area contributed by atoms with E-state index in [1.54, 1.807) is 6.07 Å². The van der Waals surface area contributed by atoms with Crippen LogP contribution in [-0.2, 0) is 11.4 Å². The summed E-state index contributed by atoms with van der Waals surface area (Å²) >= 11 is 0. The Labute approximate surface area is 131 Å². The standard InChI is InChI=1S/C15H15FN2O5/c1-9(15(20)21)7-17-14(19)12-6-10(23-18-12)8-22-13-5-3-2-4-11(13)16/h2-6,9H,7-8H2,1H3,(H,17,19)(H,20,21). The second kappa shape index (κ2) is 7.39. The van der Waals surface area contributed by atoms with Crippen LogP contribution >= 0.6 is 0 Å². The molecule has 1 aromatic heterocycles. The summed E-state index contributed by atoms with van der Waals surface area (Å²) < 4.78 is 23.5. The van der Waals surface area contributed by atoms with Gasteiger partial charge in [-0.05, 0) is 12.1 Å². The smallest absolute Gasteiger partial charge is 0.308 e. The van der Waals surface area contributed by atoms with Crippen LogP contribution in [0.15, 0.2) is 34.9 Å². The first-order chi connectivity index (χ1) is 11.0. The zero-order valence-electron chi connectivity index (χ0n) is 12.3. The fourth-order valence-electron chi connectivity index (χ4n) is 1.62. The van der Waals surface area contributed by atoms with Crippen molar-refractivity contribution >= 4 is 11.9 Å². The Morgan fingerprint density at radius 3 is 2.87 bits per heavy atom. The van der Waals surface area contributed by atoms with Crippen molar-refractivity contribution < 1.29 is 28.3 Å². The van der Waals surface area contributed by atoms with E-state index in [4.69, 9.17) is 14.4 Å². The van der Waals surface area contributed by atoms with Crippen molar-refractivity contribution in [1.29, 1.82) is 0 Å². The van der Waals surface area contributed by atoms with Crippen LogP contribution in [0.1, 0.15) is 23.2 Å². The van der Waals surface area contributed by atoms with E-state index in [0.717, 1.165) is 0 Å². The first kappa shape index (κ1) is 16.5. The zero-order valence-corrected chi connectivity index (χ0v) is 12.3. The van der Waals surface area contributed by atoms with Crippen LogP contribution in [0.25, 0.3) is 0 Å². The van der Waals surface area contributed by atoms with Crippen LogP contribution in [-0.4, -0.2) is 28.7 Å². The number of hydrogen-bond donors (Lipinski definition) is 2. The molecule has 2 N–H and O–H groups in total. The predicted octanol–water partition coefficient (Wildman–Crippen LogP) is 1.84. The van der Waals surface area contributed by atoms with Gasteiger partial charge in [-0.2, -0.15) is 0 Å². The number of rotatable bonds is 7. The lowest BCUT2D eigenvalue weighted by molar-refractivity contribution is -0.140. The molecule has 7 nitrogen and oxygen atoms in total. The summed E-state index contributed by atoms with van der Waals surface area (Å²) in [6.07, 6.45) is 0. The molecule has 0 bridgehead atoms. The predicted molar refractivity (Wildman–Crippen MR) is 76.4 cm³/mol. The minimum Gasteiger partial charge on any atom is -0.482 e. The highest BCUT2D eigenvalue weighted by Gasteiger charge is 2.16. The first-order valence-electron chi connectivity index (χ1n) is 6.81. The summed E-state index contributed by atoms with van der Waals surface area (Å²) in [5, 5.41) is 14.7. The minimum absolute atomic E-state index is 0.00489. The molecule has 23 heavy (non-hydrogen) atoms. The largest absolute Gasteiger partial charge is 0.482 e. The van der Waals surface area contributed by atoms with Crippen molar-refractivity contribution in [2.75, 3.05) is 6.54 Å². The van der Waals surface area contributed by atoms with Crippen LogP contribution in [0.4, 0.5) is 4.39 Å². The number of halogens is 1. The molecule has 0 saturated carbocycles. The molecule has 0 fully saturated rings. The highest BCUT2D eigenvalue weighted by Crippen LogP contribution is 2.17. The molecule has 0 spiro atoms. The van der Waals surface area contributed by atoms with Crippen molar-refractivity contribution in [1.82, 2.24) is 10.5 Å². The molecule has 0 saturated heterocycles. The zero-order chi connectivity index (χ0) is 16.8. The molecule has 1 heterocycles. The number of nitrogens with one attached hydrogen (secondary N) is 1. The quantitative estimate of drug-likeness (QED) is 0.806. The first-order valence-corrected chi connectivity index (χ1v) is 6.81. The van der Waals surface area contributed by atoms with E-state index in [0.29, 0.717) is 0 Å². The second-order valence-corrected chi connectivity index (χ2v) is 4.85. The van der Waals surface area contributed by atoms with E-state index in [9.17, 15) is 14.0 Å². The van der Waals surface area contributed by atoms with Crippen LogP contribution < -0.4 is 10.1 Å². The lowest BCUT2D eigenvalue weighted by Crippen LogP contribution is -2.31. The van der Waals surface area contributed by atoms with E-state index in [-0.39, 0.29) is 30.4 Å². The summed E-state index contributed by atoms with van der Waals surface area (Å²) in [6.45, 7) is 1.36. The molecule has 2 aromatic rings. The van der Waals surface area contributed by atoms with E-state index < -0.39 is 23.6 Å². The van der Waals surface area contributed by atoms with Gasteiger partial charge in [0.25, 0.3) is 5.91 Å². The third-order valence-electron chi connectivity index (χ3n) is 2.99. The molecule has 122 valence electrons. The summed E-state index contributed by atoms with van der Waals surface area (Å²) in [5.41, 5.74) is -0.00489. The van der Waals surface area contributed by atoms with Crippen LogP contribution in [0.2, 0.25) is 0 Å². The topological polar surface area (TPSA) is 102 Å². The number of ether oxygens (including phenoxy) is 1. The van der Waals surface area contributed by atoms with Gasteiger partial charge in [0.15, 0.2) is 23.0 Å². The van der Waals surface area contributed by atoms with Gasteiger partial charge < -0.3 is 19.7 Å². The Hall–Kier alpha value is -2.90. The van der Waals surface area contributed by atoms with Gasteiger partial charge in [0.05, 0.1) is 5.92 Å². The van der Waals surface area contributed by atoms with Crippen molar-refractivity contribution in [3.8, 4) is 5.75 Å².